The molecule has 2 aromatic carbocycles. The summed E-state index contributed by atoms with van der Waals surface area (Å²) in [5.41, 5.74) is 1.59. The van der Waals surface area contributed by atoms with Crippen LogP contribution < -0.4 is 9.47 Å². The van der Waals surface area contributed by atoms with Crippen molar-refractivity contribution in [2.45, 2.75) is 51.0 Å². The molecule has 0 spiro atoms. The minimum atomic E-state index is -0.392. The molecule has 0 aromatic heterocycles. The number of nitrogens with zero attached hydrogens (tertiary/aromatic N) is 1. The number of ether oxygens (including phenoxy) is 3. The highest BCUT2D eigenvalue weighted by atomic mass is 16.7. The van der Waals surface area contributed by atoms with Crippen molar-refractivity contribution in [3.8, 4) is 35.2 Å². The predicted molar refractivity (Wildman–Crippen MR) is 144 cm³/mol. The number of carbonyl (C=O) groups is 2. The fourth-order valence-electron chi connectivity index (χ4n) is 5.30. The van der Waals surface area contributed by atoms with Gasteiger partial charge in [0.05, 0.1) is 34.0 Å². The molecule has 0 radical (unpaired) electrons. The second-order valence-corrected chi connectivity index (χ2v) is 9.06. The van der Waals surface area contributed by atoms with Crippen molar-refractivity contribution in [2.75, 3.05) is 27.9 Å². The summed E-state index contributed by atoms with van der Waals surface area (Å²) in [5, 5.41) is 1.53. The Labute approximate surface area is 225 Å². The van der Waals surface area contributed by atoms with Crippen molar-refractivity contribution < 1.29 is 28.6 Å². The third-order valence-electron chi connectivity index (χ3n) is 6.85. The largest absolute Gasteiger partial charge is 0.493 e. The van der Waals surface area contributed by atoms with Crippen LogP contribution in [-0.4, -0.2) is 50.9 Å². The molecule has 2 fully saturated rings. The third kappa shape index (κ3) is 6.49. The van der Waals surface area contributed by atoms with Crippen LogP contribution in [0.2, 0.25) is 0 Å². The number of hydrogen-bond donors (Lipinski definition) is 0. The summed E-state index contributed by atoms with van der Waals surface area (Å²) in [6.45, 7) is 3.65. The van der Waals surface area contributed by atoms with Crippen molar-refractivity contribution in [2.24, 2.45) is 5.92 Å². The monoisotopic (exact) mass is 517 g/mol. The maximum absolute atomic E-state index is 13.0. The minimum Gasteiger partial charge on any atom is -0.493 e. The van der Waals surface area contributed by atoms with E-state index in [9.17, 15) is 9.59 Å². The number of carbonyl (C=O) groups excluding carboxylic acids is 2. The molecule has 1 saturated heterocycles. The topological polar surface area (TPSA) is 74.3 Å². The van der Waals surface area contributed by atoms with E-state index in [4.69, 9.17) is 14.3 Å². The quantitative estimate of drug-likeness (QED) is 0.429. The van der Waals surface area contributed by atoms with E-state index < -0.39 is 5.41 Å². The van der Waals surface area contributed by atoms with Crippen LogP contribution in [0.25, 0.3) is 0 Å². The molecular formula is C31H35NO6. The van der Waals surface area contributed by atoms with Crippen LogP contribution in [0.15, 0.2) is 48.5 Å². The molecule has 2 aliphatic rings. The van der Waals surface area contributed by atoms with Gasteiger partial charge in [0.25, 0.3) is 0 Å². The Balaban J connectivity index is 0.000000599. The van der Waals surface area contributed by atoms with Gasteiger partial charge in [0.2, 0.25) is 5.91 Å². The number of rotatable bonds is 5. The van der Waals surface area contributed by atoms with E-state index in [0.717, 1.165) is 30.4 Å². The molecule has 1 aliphatic heterocycles. The number of hydroxylamine groups is 2. The molecule has 0 unspecified atom stereocenters. The average molecular weight is 518 g/mol. The second-order valence-electron chi connectivity index (χ2n) is 9.06. The van der Waals surface area contributed by atoms with Crippen LogP contribution in [0.1, 0.15) is 50.7 Å². The summed E-state index contributed by atoms with van der Waals surface area (Å²) in [7, 11) is 4.79. The molecule has 1 aliphatic carbocycles. The Morgan fingerprint density at radius 3 is 2.39 bits per heavy atom. The maximum atomic E-state index is 13.0. The first-order chi connectivity index (χ1) is 18.4. The molecular weight excluding hydrogens is 482 g/mol. The van der Waals surface area contributed by atoms with E-state index in [1.165, 1.54) is 12.0 Å². The SMILES string of the molecule is CCOC(C)=O.COc1ccc([C@@]23CCC[C@@H](C#CC#Cc4ccccc4)[C@@H]2N(OC)C(=O)C3)cc1OC. The first kappa shape index (κ1) is 28.6. The zero-order valence-electron chi connectivity index (χ0n) is 22.7. The third-order valence-corrected chi connectivity index (χ3v) is 6.85. The van der Waals surface area contributed by atoms with Gasteiger partial charge in [0.1, 0.15) is 0 Å². The smallest absolute Gasteiger partial charge is 0.302 e. The van der Waals surface area contributed by atoms with E-state index in [1.54, 1.807) is 28.3 Å². The molecule has 1 saturated carbocycles. The number of amides is 1. The minimum absolute atomic E-state index is 0.0173. The van der Waals surface area contributed by atoms with Gasteiger partial charge in [-0.25, -0.2) is 5.06 Å². The molecule has 3 atom stereocenters. The van der Waals surface area contributed by atoms with Crippen LogP contribution in [0.3, 0.4) is 0 Å². The Morgan fingerprint density at radius 2 is 1.79 bits per heavy atom. The highest BCUT2D eigenvalue weighted by molar-refractivity contribution is 5.81. The van der Waals surface area contributed by atoms with Crippen LogP contribution in [0.5, 0.6) is 11.5 Å². The maximum Gasteiger partial charge on any atom is 0.302 e. The predicted octanol–water partition coefficient (Wildman–Crippen LogP) is 4.53. The van der Waals surface area contributed by atoms with Gasteiger partial charge in [-0.05, 0) is 61.4 Å². The number of hydrogen-bond acceptors (Lipinski definition) is 6. The summed E-state index contributed by atoms with van der Waals surface area (Å²) < 4.78 is 15.4. The van der Waals surface area contributed by atoms with E-state index >= 15 is 0 Å². The van der Waals surface area contributed by atoms with Crippen molar-refractivity contribution in [3.05, 3.63) is 59.7 Å². The molecule has 7 nitrogen and oxygen atoms in total. The van der Waals surface area contributed by atoms with Gasteiger partial charge in [0, 0.05) is 30.2 Å². The molecule has 1 heterocycles. The summed E-state index contributed by atoms with van der Waals surface area (Å²) in [6.07, 6.45) is 3.13. The number of benzene rings is 2. The van der Waals surface area contributed by atoms with Crippen LogP contribution in [0, 0.1) is 29.6 Å². The second kappa shape index (κ2) is 13.6. The lowest BCUT2D eigenvalue weighted by Gasteiger charge is -2.43. The summed E-state index contributed by atoms with van der Waals surface area (Å²) in [5.74, 6) is 13.5. The molecule has 4 rings (SSSR count). The van der Waals surface area contributed by atoms with Crippen LogP contribution in [0.4, 0.5) is 0 Å². The first-order valence-electron chi connectivity index (χ1n) is 12.7. The lowest BCUT2D eigenvalue weighted by Crippen LogP contribution is -2.50. The lowest BCUT2D eigenvalue weighted by atomic mass is 9.62. The van der Waals surface area contributed by atoms with Crippen molar-refractivity contribution in [1.82, 2.24) is 5.06 Å². The highest BCUT2D eigenvalue weighted by Gasteiger charge is 2.57. The van der Waals surface area contributed by atoms with E-state index in [1.807, 2.05) is 48.5 Å². The molecule has 0 bridgehead atoms. The Hall–Kier alpha value is -3.94. The Kier molecular flexibility index (Phi) is 10.2. The fraction of sp³-hybridized carbons (Fsp3) is 0.419. The zero-order chi connectivity index (χ0) is 27.5. The fourth-order valence-corrected chi connectivity index (χ4v) is 5.30. The lowest BCUT2D eigenvalue weighted by molar-refractivity contribution is -0.184. The molecule has 7 heteroatoms. The standard InChI is InChI=1S/C27H27NO4.C4H8O2/c1-30-23-16-15-22(18-24(23)31-2)27-17-9-14-21(26(27)28(32-3)25(29)19-27)13-8-7-12-20-10-5-4-6-11-20;1-3-6-4(2)5/h4-6,10-11,15-16,18,21,26H,9,14,17,19H2,1-3H3;3H2,1-2H3/t21-,26+,27+;/m1./s1. The normalized spacial score (nSPS) is 21.4. The molecule has 1 amide bonds. The van der Waals surface area contributed by atoms with Crippen molar-refractivity contribution in [1.29, 1.82) is 0 Å². The molecule has 200 valence electrons. The van der Waals surface area contributed by atoms with Crippen LogP contribution >= 0.6 is 0 Å². The Bertz CT molecular complexity index is 1240. The number of esters is 1. The molecule has 2 aromatic rings. The molecule has 38 heavy (non-hydrogen) atoms. The van der Waals surface area contributed by atoms with E-state index in [2.05, 4.69) is 28.4 Å². The van der Waals surface area contributed by atoms with E-state index in [-0.39, 0.29) is 23.8 Å². The van der Waals surface area contributed by atoms with Gasteiger partial charge >= 0.3 is 5.97 Å². The van der Waals surface area contributed by atoms with Crippen molar-refractivity contribution in [3.63, 3.8) is 0 Å². The summed E-state index contributed by atoms with van der Waals surface area (Å²) in [4.78, 5) is 28.3. The van der Waals surface area contributed by atoms with Gasteiger partial charge in [0.15, 0.2) is 11.5 Å². The van der Waals surface area contributed by atoms with Crippen molar-refractivity contribution >= 4 is 11.9 Å². The first-order valence-corrected chi connectivity index (χ1v) is 12.7. The van der Waals surface area contributed by atoms with Gasteiger partial charge in [-0.2, -0.15) is 0 Å². The van der Waals surface area contributed by atoms with E-state index in [0.29, 0.717) is 24.5 Å². The van der Waals surface area contributed by atoms with Gasteiger partial charge in [-0.15, -0.1) is 0 Å². The number of fused-ring (bicyclic) bond motifs is 1. The van der Waals surface area contributed by atoms with Crippen LogP contribution in [-0.2, 0) is 24.6 Å². The average Bonchev–Trinajstić information content (AvgIpc) is 3.24. The van der Waals surface area contributed by atoms with Gasteiger partial charge < -0.3 is 14.2 Å². The van der Waals surface area contributed by atoms with Gasteiger partial charge in [-0.1, -0.05) is 42.5 Å². The summed E-state index contributed by atoms with van der Waals surface area (Å²) in [6, 6.07) is 15.5. The Morgan fingerprint density at radius 1 is 1.05 bits per heavy atom. The highest BCUT2D eigenvalue weighted by Crippen LogP contribution is 2.52. The number of methoxy groups -OCH3 is 2. The summed E-state index contributed by atoms with van der Waals surface area (Å²) >= 11 is 0. The van der Waals surface area contributed by atoms with Gasteiger partial charge in [-0.3, -0.25) is 14.4 Å². The molecule has 0 N–H and O–H groups in total. The zero-order valence-corrected chi connectivity index (χ0v) is 22.7.